The van der Waals surface area contributed by atoms with Gasteiger partial charge in [-0.25, -0.2) is 4.39 Å². The van der Waals surface area contributed by atoms with E-state index < -0.39 is 35.1 Å². The highest BCUT2D eigenvalue weighted by atomic mass is 19.4. The van der Waals surface area contributed by atoms with Gasteiger partial charge in [-0.2, -0.15) is 13.2 Å². The number of nitrogens with one attached hydrogen (secondary N) is 1. The second kappa shape index (κ2) is 6.79. The molecule has 0 bridgehead atoms. The molecule has 3 rings (SSSR count). The van der Waals surface area contributed by atoms with Crippen molar-refractivity contribution in [2.24, 2.45) is 0 Å². The predicted molar refractivity (Wildman–Crippen MR) is 82.3 cm³/mol. The van der Waals surface area contributed by atoms with Crippen LogP contribution in [0.1, 0.15) is 27.5 Å². The van der Waals surface area contributed by atoms with E-state index in [0.717, 1.165) is 17.7 Å². The third-order valence-corrected chi connectivity index (χ3v) is 4.11. The molecule has 2 aromatic rings. The van der Waals surface area contributed by atoms with Gasteiger partial charge in [0, 0.05) is 32.0 Å². The number of piperazine rings is 1. The fourth-order valence-corrected chi connectivity index (χ4v) is 2.89. The lowest BCUT2D eigenvalue weighted by atomic mass is 10.0. The summed E-state index contributed by atoms with van der Waals surface area (Å²) in [6.45, 7) is 1.15. The highest BCUT2D eigenvalue weighted by Gasteiger charge is 2.37. The molecule has 1 aromatic carbocycles. The number of nitrogens with zero attached hydrogens (tertiary/aromatic N) is 2. The van der Waals surface area contributed by atoms with E-state index in [1.807, 2.05) is 0 Å². The largest absolute Gasteiger partial charge is 0.419 e. The molecule has 4 nitrogen and oxygen atoms in total. The zero-order valence-electron chi connectivity index (χ0n) is 13.1. The molecule has 0 saturated carbocycles. The van der Waals surface area contributed by atoms with E-state index in [0.29, 0.717) is 19.2 Å². The van der Waals surface area contributed by atoms with E-state index in [9.17, 15) is 22.4 Å². The van der Waals surface area contributed by atoms with Crippen LogP contribution in [0.25, 0.3) is 0 Å². The minimum Gasteiger partial charge on any atom is -0.329 e. The van der Waals surface area contributed by atoms with Crippen molar-refractivity contribution in [3.05, 3.63) is 65.2 Å². The second-order valence-electron chi connectivity index (χ2n) is 5.67. The maximum absolute atomic E-state index is 14.3. The van der Waals surface area contributed by atoms with Gasteiger partial charge < -0.3 is 10.2 Å². The molecule has 1 amide bonds. The summed E-state index contributed by atoms with van der Waals surface area (Å²) in [5, 5.41) is 3.12. The molecule has 25 heavy (non-hydrogen) atoms. The van der Waals surface area contributed by atoms with Crippen LogP contribution in [0.4, 0.5) is 17.6 Å². The van der Waals surface area contributed by atoms with Gasteiger partial charge >= 0.3 is 6.18 Å². The number of benzene rings is 1. The van der Waals surface area contributed by atoms with Crippen LogP contribution in [-0.2, 0) is 6.18 Å². The number of halogens is 4. The Bertz CT molecular complexity index is 764. The highest BCUT2D eigenvalue weighted by molar-refractivity contribution is 5.95. The van der Waals surface area contributed by atoms with Gasteiger partial charge in [0.1, 0.15) is 5.82 Å². The molecule has 2 heterocycles. The van der Waals surface area contributed by atoms with Gasteiger partial charge in [0.05, 0.1) is 17.2 Å². The Morgan fingerprint density at radius 1 is 1.24 bits per heavy atom. The van der Waals surface area contributed by atoms with Crippen LogP contribution in [-0.4, -0.2) is 35.4 Å². The second-order valence-corrected chi connectivity index (χ2v) is 5.67. The summed E-state index contributed by atoms with van der Waals surface area (Å²) in [4.78, 5) is 18.1. The SMILES string of the molecule is O=C(c1cccc(C(F)(F)F)c1F)N1CCNCC1c1cccnc1. The van der Waals surface area contributed by atoms with Crippen LogP contribution in [0.5, 0.6) is 0 Å². The Balaban J connectivity index is 1.96. The maximum atomic E-state index is 14.3. The molecule has 1 saturated heterocycles. The van der Waals surface area contributed by atoms with E-state index in [1.54, 1.807) is 24.5 Å². The summed E-state index contributed by atoms with van der Waals surface area (Å²) in [5.74, 6) is -2.30. The van der Waals surface area contributed by atoms with Crippen LogP contribution in [0.2, 0.25) is 0 Å². The smallest absolute Gasteiger partial charge is 0.329 e. The molecule has 1 fully saturated rings. The van der Waals surface area contributed by atoms with Crippen LogP contribution in [0.15, 0.2) is 42.7 Å². The molecule has 0 spiro atoms. The average molecular weight is 353 g/mol. The zero-order valence-corrected chi connectivity index (χ0v) is 13.1. The topological polar surface area (TPSA) is 45.2 Å². The molecule has 8 heteroatoms. The molecule has 132 valence electrons. The van der Waals surface area contributed by atoms with Crippen LogP contribution >= 0.6 is 0 Å². The van der Waals surface area contributed by atoms with Crippen molar-refractivity contribution in [3.8, 4) is 0 Å². The minimum atomic E-state index is -4.85. The lowest BCUT2D eigenvalue weighted by Gasteiger charge is -2.36. The fourth-order valence-electron chi connectivity index (χ4n) is 2.89. The third-order valence-electron chi connectivity index (χ3n) is 4.11. The fraction of sp³-hybridized carbons (Fsp3) is 0.294. The number of amides is 1. The molecule has 0 radical (unpaired) electrons. The molecule has 1 unspecified atom stereocenters. The lowest BCUT2D eigenvalue weighted by Crippen LogP contribution is -2.49. The van der Waals surface area contributed by atoms with Gasteiger partial charge in [-0.05, 0) is 23.8 Å². The first kappa shape index (κ1) is 17.3. The Morgan fingerprint density at radius 3 is 2.72 bits per heavy atom. The Morgan fingerprint density at radius 2 is 2.04 bits per heavy atom. The van der Waals surface area contributed by atoms with Crippen LogP contribution in [0.3, 0.4) is 0 Å². The van der Waals surface area contributed by atoms with Gasteiger partial charge in [-0.15, -0.1) is 0 Å². The Kier molecular flexibility index (Phi) is 4.71. The molecule has 1 atom stereocenters. The van der Waals surface area contributed by atoms with Crippen LogP contribution in [0, 0.1) is 5.82 Å². The number of pyridine rings is 1. The molecular formula is C17H15F4N3O. The summed E-state index contributed by atoms with van der Waals surface area (Å²) in [7, 11) is 0. The quantitative estimate of drug-likeness (QED) is 0.845. The number of hydrogen-bond donors (Lipinski definition) is 1. The first-order chi connectivity index (χ1) is 11.9. The number of carbonyl (C=O) groups excluding carboxylic acids is 1. The summed E-state index contributed by atoms with van der Waals surface area (Å²) < 4.78 is 53.0. The molecular weight excluding hydrogens is 338 g/mol. The van der Waals surface area contributed by atoms with Gasteiger partial charge in [-0.1, -0.05) is 12.1 Å². The third kappa shape index (κ3) is 3.48. The van der Waals surface area contributed by atoms with Crippen molar-refractivity contribution < 1.29 is 22.4 Å². The molecule has 0 aliphatic carbocycles. The van der Waals surface area contributed by atoms with Crippen molar-refractivity contribution in [2.75, 3.05) is 19.6 Å². The van der Waals surface area contributed by atoms with Gasteiger partial charge in [0.2, 0.25) is 0 Å². The number of aromatic nitrogens is 1. The van der Waals surface area contributed by atoms with E-state index >= 15 is 0 Å². The standard InChI is InChI=1S/C17H15F4N3O/c18-15-12(4-1-5-13(15)17(19,20)21)16(25)24-8-7-23-10-14(24)11-3-2-6-22-9-11/h1-6,9,14,23H,7-8,10H2. The van der Waals surface area contributed by atoms with Gasteiger partial charge in [-0.3, -0.25) is 9.78 Å². The van der Waals surface area contributed by atoms with E-state index in [2.05, 4.69) is 10.3 Å². The first-order valence-electron chi connectivity index (χ1n) is 7.67. The highest BCUT2D eigenvalue weighted by Crippen LogP contribution is 2.33. The van der Waals surface area contributed by atoms with Crippen LogP contribution < -0.4 is 5.32 Å². The number of alkyl halides is 3. The minimum absolute atomic E-state index is 0.258. The molecule has 1 aliphatic rings. The van der Waals surface area contributed by atoms with Crippen molar-refractivity contribution >= 4 is 5.91 Å². The van der Waals surface area contributed by atoms with Crippen molar-refractivity contribution in [3.63, 3.8) is 0 Å². The van der Waals surface area contributed by atoms with Gasteiger partial charge in [0.15, 0.2) is 0 Å². The predicted octanol–water partition coefficient (Wildman–Crippen LogP) is 3.03. The summed E-state index contributed by atoms with van der Waals surface area (Å²) in [6, 6.07) is 5.80. The summed E-state index contributed by atoms with van der Waals surface area (Å²) in [6.07, 6.45) is -1.69. The Labute approximate surface area is 141 Å². The zero-order chi connectivity index (χ0) is 18.0. The molecule has 1 aliphatic heterocycles. The lowest BCUT2D eigenvalue weighted by molar-refractivity contribution is -0.140. The van der Waals surface area contributed by atoms with Crippen molar-refractivity contribution in [1.82, 2.24) is 15.2 Å². The Hall–Kier alpha value is -2.48. The summed E-state index contributed by atoms with van der Waals surface area (Å²) >= 11 is 0. The summed E-state index contributed by atoms with van der Waals surface area (Å²) in [5.41, 5.74) is -1.28. The first-order valence-corrected chi connectivity index (χ1v) is 7.67. The number of hydrogen-bond acceptors (Lipinski definition) is 3. The number of rotatable bonds is 2. The van der Waals surface area contributed by atoms with Gasteiger partial charge in [0.25, 0.3) is 5.91 Å². The van der Waals surface area contributed by atoms with E-state index in [1.165, 1.54) is 4.90 Å². The van der Waals surface area contributed by atoms with E-state index in [4.69, 9.17) is 0 Å². The molecule has 1 aromatic heterocycles. The molecule has 1 N–H and O–H groups in total. The normalized spacial score (nSPS) is 18.2. The van der Waals surface area contributed by atoms with Crippen molar-refractivity contribution in [1.29, 1.82) is 0 Å². The monoisotopic (exact) mass is 353 g/mol. The maximum Gasteiger partial charge on any atom is 0.419 e. The van der Waals surface area contributed by atoms with E-state index in [-0.39, 0.29) is 6.54 Å². The number of carbonyl (C=O) groups is 1. The van der Waals surface area contributed by atoms with Crippen molar-refractivity contribution in [2.45, 2.75) is 12.2 Å². The average Bonchev–Trinajstić information content (AvgIpc) is 2.61.